The van der Waals surface area contributed by atoms with Gasteiger partial charge in [0, 0.05) is 5.56 Å². The summed E-state index contributed by atoms with van der Waals surface area (Å²) in [7, 11) is 0. The Morgan fingerprint density at radius 1 is 1.14 bits per heavy atom. The maximum Gasteiger partial charge on any atom is 0.250 e. The number of H-pyrrole nitrogens is 1. The molecule has 6 heteroatoms. The molecule has 0 fully saturated rings. The SMILES string of the molecule is CC(C)(C)c1ccccc1Oc1nc(N)nc2nc[nH]c12. The van der Waals surface area contributed by atoms with E-state index < -0.39 is 0 Å². The molecular weight excluding hydrogens is 266 g/mol. The van der Waals surface area contributed by atoms with E-state index in [4.69, 9.17) is 10.5 Å². The molecule has 0 unspecified atom stereocenters. The quantitative estimate of drug-likeness (QED) is 0.754. The highest BCUT2D eigenvalue weighted by Gasteiger charge is 2.20. The molecule has 0 aliphatic carbocycles. The lowest BCUT2D eigenvalue weighted by molar-refractivity contribution is 0.444. The molecule has 21 heavy (non-hydrogen) atoms. The van der Waals surface area contributed by atoms with Crippen molar-refractivity contribution in [1.82, 2.24) is 19.9 Å². The zero-order valence-electron chi connectivity index (χ0n) is 12.2. The zero-order chi connectivity index (χ0) is 15.0. The molecule has 0 spiro atoms. The van der Waals surface area contributed by atoms with Crippen LogP contribution in [0.1, 0.15) is 26.3 Å². The molecule has 0 saturated heterocycles. The Hall–Kier alpha value is -2.63. The van der Waals surface area contributed by atoms with E-state index in [9.17, 15) is 0 Å². The van der Waals surface area contributed by atoms with Gasteiger partial charge in [-0.2, -0.15) is 9.97 Å². The Morgan fingerprint density at radius 3 is 2.67 bits per heavy atom. The van der Waals surface area contributed by atoms with Gasteiger partial charge < -0.3 is 15.5 Å². The first-order valence-corrected chi connectivity index (χ1v) is 6.69. The Bertz CT molecular complexity index is 788. The van der Waals surface area contributed by atoms with Crippen LogP contribution in [-0.4, -0.2) is 19.9 Å². The van der Waals surface area contributed by atoms with Gasteiger partial charge >= 0.3 is 0 Å². The first kappa shape index (κ1) is 13.4. The molecule has 0 saturated carbocycles. The number of nitrogen functional groups attached to an aromatic ring is 1. The molecule has 3 aromatic rings. The number of aromatic nitrogens is 4. The highest BCUT2D eigenvalue weighted by atomic mass is 16.5. The second kappa shape index (κ2) is 4.73. The predicted octanol–water partition coefficient (Wildman–Crippen LogP) is 3.02. The van der Waals surface area contributed by atoms with E-state index in [1.165, 1.54) is 0 Å². The first-order valence-electron chi connectivity index (χ1n) is 6.69. The third-order valence-corrected chi connectivity index (χ3v) is 3.17. The molecule has 0 aliphatic heterocycles. The lowest BCUT2D eigenvalue weighted by atomic mass is 9.86. The van der Waals surface area contributed by atoms with E-state index >= 15 is 0 Å². The fourth-order valence-corrected chi connectivity index (χ4v) is 2.18. The van der Waals surface area contributed by atoms with E-state index in [-0.39, 0.29) is 11.4 Å². The largest absolute Gasteiger partial charge is 0.437 e. The van der Waals surface area contributed by atoms with Gasteiger partial charge in [0.2, 0.25) is 5.95 Å². The summed E-state index contributed by atoms with van der Waals surface area (Å²) >= 11 is 0. The van der Waals surface area contributed by atoms with Crippen LogP contribution in [-0.2, 0) is 5.41 Å². The molecule has 0 amide bonds. The van der Waals surface area contributed by atoms with Crippen molar-refractivity contribution >= 4 is 17.1 Å². The van der Waals surface area contributed by atoms with Crippen molar-refractivity contribution in [2.75, 3.05) is 5.73 Å². The minimum Gasteiger partial charge on any atom is -0.437 e. The molecule has 0 atom stereocenters. The molecule has 0 bridgehead atoms. The number of anilines is 1. The van der Waals surface area contributed by atoms with E-state index in [2.05, 4.69) is 40.7 Å². The van der Waals surface area contributed by atoms with Crippen molar-refractivity contribution in [2.45, 2.75) is 26.2 Å². The summed E-state index contributed by atoms with van der Waals surface area (Å²) in [5.41, 5.74) is 7.88. The smallest absolute Gasteiger partial charge is 0.250 e. The zero-order valence-corrected chi connectivity index (χ0v) is 12.2. The monoisotopic (exact) mass is 283 g/mol. The van der Waals surface area contributed by atoms with Gasteiger partial charge in [0.25, 0.3) is 5.88 Å². The molecule has 2 aromatic heterocycles. The summed E-state index contributed by atoms with van der Waals surface area (Å²) < 4.78 is 5.99. The Labute approximate surface area is 122 Å². The fourth-order valence-electron chi connectivity index (χ4n) is 2.18. The van der Waals surface area contributed by atoms with Crippen molar-refractivity contribution in [3.8, 4) is 11.6 Å². The van der Waals surface area contributed by atoms with Crippen LogP contribution >= 0.6 is 0 Å². The van der Waals surface area contributed by atoms with Crippen LogP contribution in [0.15, 0.2) is 30.6 Å². The van der Waals surface area contributed by atoms with Gasteiger partial charge in [-0.25, -0.2) is 4.98 Å². The van der Waals surface area contributed by atoms with Crippen LogP contribution in [0.5, 0.6) is 11.6 Å². The van der Waals surface area contributed by atoms with Gasteiger partial charge in [0.15, 0.2) is 5.65 Å². The van der Waals surface area contributed by atoms with Crippen molar-refractivity contribution in [3.05, 3.63) is 36.2 Å². The summed E-state index contributed by atoms with van der Waals surface area (Å²) in [4.78, 5) is 15.3. The van der Waals surface area contributed by atoms with Gasteiger partial charge in [-0.1, -0.05) is 39.0 Å². The molecule has 6 nitrogen and oxygen atoms in total. The third-order valence-electron chi connectivity index (χ3n) is 3.17. The second-order valence-corrected chi connectivity index (χ2v) is 5.84. The topological polar surface area (TPSA) is 89.7 Å². The number of nitrogens with zero attached hydrogens (tertiary/aromatic N) is 3. The summed E-state index contributed by atoms with van der Waals surface area (Å²) in [6, 6.07) is 7.89. The van der Waals surface area contributed by atoms with E-state index in [0.29, 0.717) is 17.0 Å². The molecule has 0 aliphatic rings. The Balaban J connectivity index is 2.09. The number of nitrogens with two attached hydrogens (primary N) is 1. The van der Waals surface area contributed by atoms with Crippen molar-refractivity contribution in [3.63, 3.8) is 0 Å². The van der Waals surface area contributed by atoms with Gasteiger partial charge in [-0.15, -0.1) is 0 Å². The number of benzene rings is 1. The maximum absolute atomic E-state index is 5.99. The molecule has 1 aromatic carbocycles. The molecule has 108 valence electrons. The average Bonchev–Trinajstić information content (AvgIpc) is 2.86. The van der Waals surface area contributed by atoms with Crippen LogP contribution in [0.3, 0.4) is 0 Å². The Morgan fingerprint density at radius 2 is 1.90 bits per heavy atom. The fraction of sp³-hybridized carbons (Fsp3) is 0.267. The number of hydrogen-bond donors (Lipinski definition) is 2. The summed E-state index contributed by atoms with van der Waals surface area (Å²) in [5.74, 6) is 1.27. The van der Waals surface area contributed by atoms with Crippen molar-refractivity contribution in [2.24, 2.45) is 0 Å². The number of fused-ring (bicyclic) bond motifs is 1. The van der Waals surface area contributed by atoms with Crippen molar-refractivity contribution in [1.29, 1.82) is 0 Å². The average molecular weight is 283 g/mol. The molecular formula is C15H17N5O. The molecule has 2 heterocycles. The van der Waals surface area contributed by atoms with Crippen LogP contribution in [0.25, 0.3) is 11.2 Å². The first-order chi connectivity index (χ1) is 9.95. The molecule has 3 N–H and O–H groups in total. The predicted molar refractivity (Wildman–Crippen MR) is 81.3 cm³/mol. The molecule has 0 radical (unpaired) electrons. The third kappa shape index (κ3) is 2.52. The van der Waals surface area contributed by atoms with E-state index in [1.807, 2.05) is 24.3 Å². The van der Waals surface area contributed by atoms with Crippen LogP contribution in [0.4, 0.5) is 5.95 Å². The normalized spacial score (nSPS) is 11.8. The minimum absolute atomic E-state index is 0.0394. The van der Waals surface area contributed by atoms with Crippen LogP contribution in [0.2, 0.25) is 0 Å². The lowest BCUT2D eigenvalue weighted by Crippen LogP contribution is -2.12. The number of rotatable bonds is 2. The van der Waals surface area contributed by atoms with Crippen LogP contribution in [0, 0.1) is 0 Å². The minimum atomic E-state index is -0.0394. The number of ether oxygens (including phenoxy) is 1. The Kier molecular flexibility index (Phi) is 3.01. The number of imidazole rings is 1. The van der Waals surface area contributed by atoms with Gasteiger partial charge in [0.1, 0.15) is 11.3 Å². The highest BCUT2D eigenvalue weighted by Crippen LogP contribution is 2.34. The number of para-hydroxylation sites is 1. The molecule has 3 rings (SSSR count). The summed E-state index contributed by atoms with van der Waals surface area (Å²) in [6.07, 6.45) is 1.54. The van der Waals surface area contributed by atoms with E-state index in [0.717, 1.165) is 11.3 Å². The number of aromatic amines is 1. The maximum atomic E-state index is 5.99. The van der Waals surface area contributed by atoms with Gasteiger partial charge in [0.05, 0.1) is 6.33 Å². The summed E-state index contributed by atoms with van der Waals surface area (Å²) in [6.45, 7) is 6.40. The van der Waals surface area contributed by atoms with Gasteiger partial charge in [-0.05, 0) is 11.5 Å². The van der Waals surface area contributed by atoms with Crippen LogP contribution < -0.4 is 10.5 Å². The van der Waals surface area contributed by atoms with Gasteiger partial charge in [-0.3, -0.25) is 0 Å². The standard InChI is InChI=1S/C15H17N5O/c1-15(2,3)9-6-4-5-7-10(9)21-13-11-12(18-8-17-11)19-14(16)20-13/h4-8H,1-3H3,(H3,16,17,18,19,20). The number of nitrogens with one attached hydrogen (secondary N) is 1. The highest BCUT2D eigenvalue weighted by molar-refractivity contribution is 5.77. The van der Waals surface area contributed by atoms with Crippen molar-refractivity contribution < 1.29 is 4.74 Å². The number of hydrogen-bond acceptors (Lipinski definition) is 5. The summed E-state index contributed by atoms with van der Waals surface area (Å²) in [5, 5.41) is 0. The van der Waals surface area contributed by atoms with E-state index in [1.54, 1.807) is 6.33 Å². The second-order valence-electron chi connectivity index (χ2n) is 5.84. The lowest BCUT2D eigenvalue weighted by Gasteiger charge is -2.22.